The van der Waals surface area contributed by atoms with Gasteiger partial charge in [-0.2, -0.15) is 4.98 Å². The normalized spacial score (nSPS) is 10.4. The molecule has 0 amide bonds. The highest BCUT2D eigenvalue weighted by molar-refractivity contribution is 6.28. The second-order valence-electron chi connectivity index (χ2n) is 1.90. The summed E-state index contributed by atoms with van der Waals surface area (Å²) in [7, 11) is 1.24. The maximum Gasteiger partial charge on any atom is 0.270 e. The Morgan fingerprint density at radius 3 is 2.75 bits per heavy atom. The molecule has 0 saturated carbocycles. The zero-order chi connectivity index (χ0) is 9.14. The van der Waals surface area contributed by atoms with Gasteiger partial charge in [0.1, 0.15) is 0 Å². The van der Waals surface area contributed by atoms with Gasteiger partial charge in [0.15, 0.2) is 0 Å². The predicted molar refractivity (Wildman–Crippen MR) is 38.6 cm³/mol. The summed E-state index contributed by atoms with van der Waals surface area (Å²) in [5, 5.41) is -0.115. The van der Waals surface area contributed by atoms with Gasteiger partial charge >= 0.3 is 0 Å². The Balaban J connectivity index is 3.11. The molecule has 0 aliphatic rings. The van der Waals surface area contributed by atoms with Crippen molar-refractivity contribution in [2.75, 3.05) is 7.11 Å². The Kier molecular flexibility index (Phi) is 2.75. The van der Waals surface area contributed by atoms with Crippen LogP contribution in [0.4, 0.5) is 8.78 Å². The second-order valence-corrected chi connectivity index (χ2v) is 2.24. The Morgan fingerprint density at radius 2 is 2.25 bits per heavy atom. The van der Waals surface area contributed by atoms with Crippen molar-refractivity contribution >= 4 is 11.6 Å². The Bertz CT molecular complexity index is 282. The summed E-state index contributed by atoms with van der Waals surface area (Å²) in [4.78, 5) is 6.87. The van der Waals surface area contributed by atoms with E-state index in [1.165, 1.54) is 7.11 Å². The van der Waals surface area contributed by atoms with Crippen LogP contribution in [0, 0.1) is 0 Å². The van der Waals surface area contributed by atoms with E-state index in [1.54, 1.807) is 0 Å². The van der Waals surface area contributed by atoms with Gasteiger partial charge in [-0.15, -0.1) is 0 Å². The Hall–Kier alpha value is -0.970. The number of hydrogen-bond donors (Lipinski definition) is 0. The molecule has 12 heavy (non-hydrogen) atoms. The zero-order valence-corrected chi connectivity index (χ0v) is 6.85. The topological polar surface area (TPSA) is 35.0 Å². The lowest BCUT2D eigenvalue weighted by atomic mass is 10.3. The first-order valence-electron chi connectivity index (χ1n) is 2.99. The van der Waals surface area contributed by atoms with Crippen molar-refractivity contribution in [1.29, 1.82) is 0 Å². The minimum absolute atomic E-state index is 0.115. The molecule has 1 aromatic rings. The average Bonchev–Trinajstić information content (AvgIpc) is 2.03. The van der Waals surface area contributed by atoms with Crippen LogP contribution in [0.25, 0.3) is 0 Å². The summed E-state index contributed by atoms with van der Waals surface area (Å²) >= 11 is 5.35. The highest BCUT2D eigenvalue weighted by Gasteiger charge is 2.15. The molecule has 0 fully saturated rings. The quantitative estimate of drug-likeness (QED) is 0.676. The van der Waals surface area contributed by atoms with Crippen molar-refractivity contribution < 1.29 is 13.5 Å². The van der Waals surface area contributed by atoms with Gasteiger partial charge < -0.3 is 4.74 Å². The summed E-state index contributed by atoms with van der Waals surface area (Å²) in [5.74, 6) is -0.190. The van der Waals surface area contributed by atoms with Gasteiger partial charge in [-0.3, -0.25) is 0 Å². The minimum atomic E-state index is -2.66. The van der Waals surface area contributed by atoms with Gasteiger partial charge in [-0.25, -0.2) is 13.8 Å². The van der Waals surface area contributed by atoms with E-state index in [0.717, 1.165) is 6.20 Å². The summed E-state index contributed by atoms with van der Waals surface area (Å²) in [6, 6.07) is 0. The first-order valence-corrected chi connectivity index (χ1v) is 3.37. The van der Waals surface area contributed by atoms with E-state index in [1.807, 2.05) is 0 Å². The van der Waals surface area contributed by atoms with Crippen molar-refractivity contribution in [2.45, 2.75) is 6.43 Å². The molecule has 0 atom stereocenters. The number of alkyl halides is 2. The molecule has 1 heterocycles. The summed E-state index contributed by atoms with van der Waals surface area (Å²) < 4.78 is 28.9. The van der Waals surface area contributed by atoms with E-state index in [0.29, 0.717) is 0 Å². The Labute approximate surface area is 72.3 Å². The molecule has 0 saturated heterocycles. The van der Waals surface area contributed by atoms with Gasteiger partial charge in [0.2, 0.25) is 11.2 Å². The number of rotatable bonds is 2. The molecule has 0 aliphatic carbocycles. The minimum Gasteiger partial charge on any atom is -0.481 e. The standard InChI is InChI=1S/C6H5ClF2N2O/c1-12-5-3(4(8)9)2-10-6(7)11-5/h2,4H,1H3. The van der Waals surface area contributed by atoms with Crippen LogP contribution in [0.1, 0.15) is 12.0 Å². The van der Waals surface area contributed by atoms with E-state index >= 15 is 0 Å². The first-order chi connectivity index (χ1) is 5.65. The molecule has 3 nitrogen and oxygen atoms in total. The third-order valence-electron chi connectivity index (χ3n) is 1.18. The molecule has 0 radical (unpaired) electrons. The average molecular weight is 195 g/mol. The van der Waals surface area contributed by atoms with Gasteiger partial charge in [0, 0.05) is 6.20 Å². The van der Waals surface area contributed by atoms with Gasteiger partial charge in [-0.1, -0.05) is 0 Å². The number of methoxy groups -OCH3 is 1. The molecule has 6 heteroatoms. The Morgan fingerprint density at radius 1 is 1.58 bits per heavy atom. The first kappa shape index (κ1) is 9.12. The van der Waals surface area contributed by atoms with E-state index in [-0.39, 0.29) is 16.7 Å². The molecule has 1 aromatic heterocycles. The van der Waals surface area contributed by atoms with Crippen molar-refractivity contribution in [3.8, 4) is 5.88 Å². The summed E-state index contributed by atoms with van der Waals surface area (Å²) in [6.45, 7) is 0. The number of hydrogen-bond acceptors (Lipinski definition) is 3. The van der Waals surface area contributed by atoms with Crippen molar-refractivity contribution in [1.82, 2.24) is 9.97 Å². The van der Waals surface area contributed by atoms with Crippen LogP contribution in [0.2, 0.25) is 5.28 Å². The molecular formula is C6H5ClF2N2O. The summed E-state index contributed by atoms with van der Waals surface area (Å²) in [6.07, 6.45) is -1.71. The van der Waals surface area contributed by atoms with Crippen LogP contribution in [0.15, 0.2) is 6.20 Å². The van der Waals surface area contributed by atoms with Crippen molar-refractivity contribution in [2.24, 2.45) is 0 Å². The van der Waals surface area contributed by atoms with E-state index < -0.39 is 6.43 Å². The maximum absolute atomic E-state index is 12.1. The fourth-order valence-electron chi connectivity index (χ4n) is 0.668. The largest absolute Gasteiger partial charge is 0.481 e. The lowest BCUT2D eigenvalue weighted by molar-refractivity contribution is 0.145. The van der Waals surface area contributed by atoms with Crippen molar-refractivity contribution in [3.63, 3.8) is 0 Å². The molecule has 0 spiro atoms. The number of nitrogens with zero attached hydrogens (tertiary/aromatic N) is 2. The molecule has 66 valence electrons. The fraction of sp³-hybridized carbons (Fsp3) is 0.333. The van der Waals surface area contributed by atoms with Crippen LogP contribution < -0.4 is 4.74 Å². The molecule has 1 rings (SSSR count). The highest BCUT2D eigenvalue weighted by atomic mass is 35.5. The molecule has 0 unspecified atom stereocenters. The van der Waals surface area contributed by atoms with Crippen LogP contribution >= 0.6 is 11.6 Å². The van der Waals surface area contributed by atoms with Gasteiger partial charge in [0.05, 0.1) is 12.7 Å². The second kappa shape index (κ2) is 3.62. The molecule has 0 aliphatic heterocycles. The highest BCUT2D eigenvalue weighted by Crippen LogP contribution is 2.26. The lowest BCUT2D eigenvalue weighted by Crippen LogP contribution is -1.97. The van der Waals surface area contributed by atoms with Gasteiger partial charge in [-0.05, 0) is 11.6 Å². The maximum atomic E-state index is 12.1. The number of halogens is 3. The van der Waals surface area contributed by atoms with E-state index in [9.17, 15) is 8.78 Å². The molecular weight excluding hydrogens is 190 g/mol. The van der Waals surface area contributed by atoms with Crippen molar-refractivity contribution in [3.05, 3.63) is 17.0 Å². The molecule has 0 aromatic carbocycles. The fourth-order valence-corrected chi connectivity index (χ4v) is 0.794. The van der Waals surface area contributed by atoms with Crippen LogP contribution in [0.5, 0.6) is 5.88 Å². The van der Waals surface area contributed by atoms with Crippen LogP contribution in [-0.4, -0.2) is 17.1 Å². The molecule has 0 N–H and O–H groups in total. The number of aromatic nitrogens is 2. The lowest BCUT2D eigenvalue weighted by Gasteiger charge is -2.04. The SMILES string of the molecule is COc1nc(Cl)ncc1C(F)F. The smallest absolute Gasteiger partial charge is 0.270 e. The summed E-state index contributed by atoms with van der Waals surface area (Å²) in [5.41, 5.74) is -0.359. The predicted octanol–water partition coefficient (Wildman–Crippen LogP) is 2.08. The van der Waals surface area contributed by atoms with Gasteiger partial charge in [0.25, 0.3) is 6.43 Å². The third kappa shape index (κ3) is 1.79. The van der Waals surface area contributed by atoms with E-state index in [4.69, 9.17) is 11.6 Å². The van der Waals surface area contributed by atoms with Crippen LogP contribution in [-0.2, 0) is 0 Å². The zero-order valence-electron chi connectivity index (χ0n) is 6.09. The van der Waals surface area contributed by atoms with Crippen LogP contribution in [0.3, 0.4) is 0 Å². The monoisotopic (exact) mass is 194 g/mol. The number of ether oxygens (including phenoxy) is 1. The van der Waals surface area contributed by atoms with E-state index in [2.05, 4.69) is 14.7 Å². The third-order valence-corrected chi connectivity index (χ3v) is 1.36. The molecule has 0 bridgehead atoms.